The van der Waals surface area contributed by atoms with Crippen molar-refractivity contribution in [3.05, 3.63) is 133 Å². The number of benzene rings is 6. The zero-order valence-corrected chi connectivity index (χ0v) is 22.2. The van der Waals surface area contributed by atoms with E-state index in [-0.39, 0.29) is 0 Å². The molecule has 0 aliphatic heterocycles. The van der Waals surface area contributed by atoms with Crippen molar-refractivity contribution in [3.8, 4) is 39.4 Å². The fourth-order valence-corrected chi connectivity index (χ4v) is 7.01. The molecule has 186 valence electrons. The van der Waals surface area contributed by atoms with E-state index < -0.39 is 0 Å². The first-order valence-electron chi connectivity index (χ1n) is 13.2. The summed E-state index contributed by atoms with van der Waals surface area (Å²) in [5.74, 6) is 0. The second-order valence-corrected chi connectivity index (χ2v) is 11.1. The van der Waals surface area contributed by atoms with Crippen molar-refractivity contribution in [1.82, 2.24) is 0 Å². The van der Waals surface area contributed by atoms with E-state index in [1.54, 1.807) is 0 Å². The van der Waals surface area contributed by atoms with Gasteiger partial charge in [-0.2, -0.15) is 5.26 Å². The van der Waals surface area contributed by atoms with Gasteiger partial charge in [-0.25, -0.2) is 0 Å². The zero-order valence-electron chi connectivity index (χ0n) is 21.4. The molecule has 0 radical (unpaired) electrons. The lowest BCUT2D eigenvalue weighted by atomic mass is 9.86. The van der Waals surface area contributed by atoms with Crippen molar-refractivity contribution in [2.75, 3.05) is 0 Å². The van der Waals surface area contributed by atoms with Crippen LogP contribution in [0.2, 0.25) is 0 Å². The van der Waals surface area contributed by atoms with Crippen LogP contribution < -0.4 is 0 Å². The van der Waals surface area contributed by atoms with Crippen molar-refractivity contribution in [1.29, 1.82) is 5.26 Å². The molecule has 0 aliphatic rings. The molecule has 0 spiro atoms. The summed E-state index contributed by atoms with van der Waals surface area (Å²) in [4.78, 5) is 0. The summed E-state index contributed by atoms with van der Waals surface area (Å²) in [5, 5.41) is 14.5. The molecule has 0 N–H and O–H groups in total. The quantitative estimate of drug-likeness (QED) is 0.229. The summed E-state index contributed by atoms with van der Waals surface area (Å²) in [6, 6.07) is 46.6. The van der Waals surface area contributed by atoms with Gasteiger partial charge in [-0.15, -0.1) is 11.3 Å². The number of rotatable bonds is 3. The van der Waals surface area contributed by atoms with Gasteiger partial charge in [0.1, 0.15) is 11.2 Å². The van der Waals surface area contributed by atoms with Crippen LogP contribution in [0, 0.1) is 11.3 Å². The highest BCUT2D eigenvalue weighted by atomic mass is 32.1. The van der Waals surface area contributed by atoms with Crippen LogP contribution >= 0.6 is 11.3 Å². The van der Waals surface area contributed by atoms with Crippen molar-refractivity contribution >= 4 is 53.4 Å². The summed E-state index contributed by atoms with van der Waals surface area (Å²) in [5.41, 5.74) is 8.87. The molecule has 2 heterocycles. The topological polar surface area (TPSA) is 36.9 Å². The Bertz CT molecular complexity index is 2300. The molecular formula is C37H21NOS. The number of hydrogen-bond acceptors (Lipinski definition) is 3. The van der Waals surface area contributed by atoms with Gasteiger partial charge in [-0.1, -0.05) is 91.0 Å². The van der Waals surface area contributed by atoms with E-state index in [0.29, 0.717) is 5.56 Å². The van der Waals surface area contributed by atoms with Crippen molar-refractivity contribution < 1.29 is 4.42 Å². The number of nitriles is 1. The van der Waals surface area contributed by atoms with Gasteiger partial charge >= 0.3 is 0 Å². The average Bonchev–Trinajstić information content (AvgIpc) is 3.59. The lowest BCUT2D eigenvalue weighted by molar-refractivity contribution is 0.670. The molecule has 0 saturated heterocycles. The number of para-hydroxylation sites is 2. The summed E-state index contributed by atoms with van der Waals surface area (Å²) in [7, 11) is 0. The fraction of sp³-hybridized carbons (Fsp3) is 0. The van der Waals surface area contributed by atoms with Gasteiger partial charge < -0.3 is 4.42 Å². The summed E-state index contributed by atoms with van der Waals surface area (Å²) >= 11 is 1.83. The molecule has 8 rings (SSSR count). The molecular weight excluding hydrogens is 506 g/mol. The Hall–Kier alpha value is -5.17. The van der Waals surface area contributed by atoms with Gasteiger partial charge in [0.25, 0.3) is 0 Å². The van der Waals surface area contributed by atoms with Crippen LogP contribution in [0.1, 0.15) is 5.56 Å². The first kappa shape index (κ1) is 22.8. The first-order valence-corrected chi connectivity index (χ1v) is 14.1. The predicted molar refractivity (Wildman–Crippen MR) is 168 cm³/mol. The SMILES string of the molecule is N#Cc1cccc(-c2c(-c3ccc4sc5ccccc5c4c3)cccc2-c2cccc3c2oc2ccccc23)c1. The predicted octanol–water partition coefficient (Wildman–Crippen LogP) is 10.8. The average molecular weight is 528 g/mol. The Kier molecular flexibility index (Phi) is 5.10. The Morgan fingerprint density at radius 3 is 2.17 bits per heavy atom. The van der Waals surface area contributed by atoms with E-state index in [0.717, 1.165) is 55.3 Å². The van der Waals surface area contributed by atoms with E-state index in [1.165, 1.54) is 20.2 Å². The number of thiophene rings is 1. The third-order valence-corrected chi connectivity index (χ3v) is 8.88. The lowest BCUT2D eigenvalue weighted by Gasteiger charge is -2.17. The van der Waals surface area contributed by atoms with Gasteiger partial charge in [0.2, 0.25) is 0 Å². The highest BCUT2D eigenvalue weighted by Gasteiger charge is 2.19. The Balaban J connectivity index is 1.45. The number of furan rings is 1. The summed E-state index contributed by atoms with van der Waals surface area (Å²) in [6.07, 6.45) is 0. The number of hydrogen-bond donors (Lipinski definition) is 0. The normalized spacial score (nSPS) is 11.5. The van der Waals surface area contributed by atoms with Crippen LogP contribution in [-0.4, -0.2) is 0 Å². The highest BCUT2D eigenvalue weighted by molar-refractivity contribution is 7.25. The molecule has 8 aromatic rings. The molecule has 2 nitrogen and oxygen atoms in total. The van der Waals surface area contributed by atoms with Crippen LogP contribution in [0.5, 0.6) is 0 Å². The number of fused-ring (bicyclic) bond motifs is 6. The second-order valence-electron chi connectivity index (χ2n) is 10.0. The lowest BCUT2D eigenvalue weighted by Crippen LogP contribution is -1.91. The molecule has 0 atom stereocenters. The highest BCUT2D eigenvalue weighted by Crippen LogP contribution is 2.45. The molecule has 6 aromatic carbocycles. The number of nitrogens with zero attached hydrogens (tertiary/aromatic N) is 1. The molecule has 3 heteroatoms. The minimum absolute atomic E-state index is 0.638. The monoisotopic (exact) mass is 527 g/mol. The minimum atomic E-state index is 0.638. The van der Waals surface area contributed by atoms with Crippen LogP contribution in [0.15, 0.2) is 132 Å². The molecule has 0 unspecified atom stereocenters. The molecule has 0 amide bonds. The molecule has 0 saturated carbocycles. The summed E-state index contributed by atoms with van der Waals surface area (Å²) in [6.45, 7) is 0. The second kappa shape index (κ2) is 8.95. The standard InChI is InChI=1S/C37H21NOS/c38-22-23-8-5-9-25(20-23)36-26(24-18-19-35-32(21-24)28-11-2-4-17-34(28)40-35)12-6-13-29(36)31-15-7-14-30-27-10-1-3-16-33(27)39-37(30)31/h1-21H. The maximum absolute atomic E-state index is 9.74. The van der Waals surface area contributed by atoms with Gasteiger partial charge in [-0.3, -0.25) is 0 Å². The maximum atomic E-state index is 9.74. The largest absolute Gasteiger partial charge is 0.455 e. The van der Waals surface area contributed by atoms with E-state index in [9.17, 15) is 5.26 Å². The maximum Gasteiger partial charge on any atom is 0.143 e. The Morgan fingerprint density at radius 1 is 0.525 bits per heavy atom. The Morgan fingerprint density at radius 2 is 1.25 bits per heavy atom. The summed E-state index contributed by atoms with van der Waals surface area (Å²) < 4.78 is 9.04. The van der Waals surface area contributed by atoms with Crippen LogP contribution in [0.4, 0.5) is 0 Å². The molecule has 2 aromatic heterocycles. The van der Waals surface area contributed by atoms with E-state index >= 15 is 0 Å². The van der Waals surface area contributed by atoms with Crippen molar-refractivity contribution in [2.45, 2.75) is 0 Å². The first-order chi connectivity index (χ1) is 19.8. The van der Waals surface area contributed by atoms with Crippen LogP contribution in [0.3, 0.4) is 0 Å². The zero-order chi connectivity index (χ0) is 26.6. The van der Waals surface area contributed by atoms with Gasteiger partial charge in [0.05, 0.1) is 11.6 Å². The fourth-order valence-electron chi connectivity index (χ4n) is 5.93. The van der Waals surface area contributed by atoms with Crippen LogP contribution in [-0.2, 0) is 0 Å². The third kappa shape index (κ3) is 3.48. The van der Waals surface area contributed by atoms with E-state index in [4.69, 9.17) is 4.42 Å². The molecule has 0 fully saturated rings. The molecule has 0 aliphatic carbocycles. The van der Waals surface area contributed by atoms with Crippen molar-refractivity contribution in [2.24, 2.45) is 0 Å². The van der Waals surface area contributed by atoms with Gasteiger partial charge in [-0.05, 0) is 64.2 Å². The van der Waals surface area contributed by atoms with Crippen LogP contribution in [0.25, 0.3) is 75.5 Å². The Labute approximate surface area is 235 Å². The third-order valence-electron chi connectivity index (χ3n) is 7.73. The van der Waals surface area contributed by atoms with Gasteiger partial charge in [0, 0.05) is 36.5 Å². The van der Waals surface area contributed by atoms with Crippen molar-refractivity contribution in [3.63, 3.8) is 0 Å². The van der Waals surface area contributed by atoms with Gasteiger partial charge in [0.15, 0.2) is 0 Å². The van der Waals surface area contributed by atoms with E-state index in [1.807, 2.05) is 47.7 Å². The minimum Gasteiger partial charge on any atom is -0.455 e. The van der Waals surface area contributed by atoms with E-state index in [2.05, 4.69) is 97.1 Å². The molecule has 40 heavy (non-hydrogen) atoms. The molecule has 0 bridgehead atoms. The smallest absolute Gasteiger partial charge is 0.143 e.